The Morgan fingerprint density at radius 3 is 2.26 bits per heavy atom. The first-order chi connectivity index (χ1) is 14.9. The molecule has 0 spiro atoms. The second kappa shape index (κ2) is 9.03. The minimum Gasteiger partial charge on any atom is -0.460 e. The lowest BCUT2D eigenvalue weighted by molar-refractivity contribution is -0.151. The van der Waals surface area contributed by atoms with Crippen molar-refractivity contribution in [3.05, 3.63) is 72.4 Å². The Hall–Kier alpha value is -2.97. The molecule has 1 aliphatic heterocycles. The van der Waals surface area contributed by atoms with E-state index in [0.717, 1.165) is 22.5 Å². The first-order valence-corrected chi connectivity index (χ1v) is 12.1. The zero-order chi connectivity index (χ0) is 21.8. The van der Waals surface area contributed by atoms with Crippen molar-refractivity contribution in [2.45, 2.75) is 19.4 Å². The summed E-state index contributed by atoms with van der Waals surface area (Å²) >= 11 is 0. The highest BCUT2D eigenvalue weighted by molar-refractivity contribution is 7.88. The van der Waals surface area contributed by atoms with Gasteiger partial charge >= 0.3 is 5.97 Å². The SMILES string of the molecule is CS(=O)(=O)N1CCC(C(=O)OCc2cn(-c3ccccc3)nc2-c2ccccc2)CC1. The fraction of sp³-hybridized carbons (Fsp3) is 0.304. The molecule has 1 fully saturated rings. The molecule has 1 saturated heterocycles. The van der Waals surface area contributed by atoms with Crippen LogP contribution in [0, 0.1) is 5.92 Å². The third kappa shape index (κ3) is 5.03. The maximum Gasteiger partial charge on any atom is 0.309 e. The van der Waals surface area contributed by atoms with E-state index in [-0.39, 0.29) is 18.5 Å². The van der Waals surface area contributed by atoms with Crippen molar-refractivity contribution < 1.29 is 17.9 Å². The van der Waals surface area contributed by atoms with Crippen LogP contribution < -0.4 is 0 Å². The molecule has 1 aromatic heterocycles. The fourth-order valence-electron chi connectivity index (χ4n) is 3.76. The number of para-hydroxylation sites is 1. The van der Waals surface area contributed by atoms with Gasteiger partial charge in [0.15, 0.2) is 0 Å². The zero-order valence-corrected chi connectivity index (χ0v) is 18.2. The monoisotopic (exact) mass is 439 g/mol. The number of carbonyl (C=O) groups excluding carboxylic acids is 1. The van der Waals surface area contributed by atoms with E-state index in [1.807, 2.05) is 66.9 Å². The number of carbonyl (C=O) groups is 1. The molecule has 0 unspecified atom stereocenters. The van der Waals surface area contributed by atoms with Gasteiger partial charge in [-0.05, 0) is 25.0 Å². The summed E-state index contributed by atoms with van der Waals surface area (Å²) in [6.07, 6.45) is 4.03. The number of sulfonamides is 1. The van der Waals surface area contributed by atoms with Gasteiger partial charge in [-0.1, -0.05) is 48.5 Å². The Balaban J connectivity index is 1.49. The van der Waals surface area contributed by atoms with Gasteiger partial charge in [0.2, 0.25) is 10.0 Å². The Morgan fingerprint density at radius 2 is 1.65 bits per heavy atom. The van der Waals surface area contributed by atoms with E-state index in [1.165, 1.54) is 10.6 Å². The van der Waals surface area contributed by atoms with Crippen LogP contribution in [0.3, 0.4) is 0 Å². The molecule has 0 aliphatic carbocycles. The molecule has 0 N–H and O–H groups in total. The molecule has 8 heteroatoms. The lowest BCUT2D eigenvalue weighted by atomic mass is 9.98. The minimum atomic E-state index is -3.22. The van der Waals surface area contributed by atoms with Crippen LogP contribution in [0.5, 0.6) is 0 Å². The zero-order valence-electron chi connectivity index (χ0n) is 17.3. The maximum absolute atomic E-state index is 12.6. The highest BCUT2D eigenvalue weighted by Gasteiger charge is 2.30. The Morgan fingerprint density at radius 1 is 1.03 bits per heavy atom. The molecule has 0 saturated carbocycles. The standard InChI is InChI=1S/C23H25N3O4S/c1-31(28,29)25-14-12-19(13-15-25)23(27)30-17-20-16-26(21-10-6-3-7-11-21)24-22(20)18-8-4-2-5-9-18/h2-11,16,19H,12-15,17H2,1H3. The van der Waals surface area contributed by atoms with Gasteiger partial charge in [-0.15, -0.1) is 0 Å². The molecule has 1 aliphatic rings. The molecule has 2 aromatic carbocycles. The summed E-state index contributed by atoms with van der Waals surface area (Å²) in [4.78, 5) is 12.6. The molecule has 2 heterocycles. The van der Waals surface area contributed by atoms with Crippen LogP contribution in [0.4, 0.5) is 0 Å². The third-order valence-electron chi connectivity index (χ3n) is 5.48. The van der Waals surface area contributed by atoms with Gasteiger partial charge in [0, 0.05) is 30.4 Å². The summed E-state index contributed by atoms with van der Waals surface area (Å²) < 4.78 is 32.2. The predicted molar refractivity (Wildman–Crippen MR) is 118 cm³/mol. The van der Waals surface area contributed by atoms with Gasteiger partial charge in [0.25, 0.3) is 0 Å². The second-order valence-electron chi connectivity index (χ2n) is 7.69. The normalized spacial score (nSPS) is 15.6. The molecule has 4 rings (SSSR count). The number of rotatable bonds is 6. The Kier molecular flexibility index (Phi) is 6.20. The molecular formula is C23H25N3O4S. The van der Waals surface area contributed by atoms with E-state index < -0.39 is 10.0 Å². The number of nitrogens with zero attached hydrogens (tertiary/aromatic N) is 3. The summed E-state index contributed by atoms with van der Waals surface area (Å²) in [6.45, 7) is 0.807. The molecule has 31 heavy (non-hydrogen) atoms. The fourth-order valence-corrected chi connectivity index (χ4v) is 4.63. The molecule has 0 radical (unpaired) electrons. The first-order valence-electron chi connectivity index (χ1n) is 10.2. The maximum atomic E-state index is 12.6. The van der Waals surface area contributed by atoms with Crippen molar-refractivity contribution in [3.63, 3.8) is 0 Å². The van der Waals surface area contributed by atoms with Crippen molar-refractivity contribution in [1.82, 2.24) is 14.1 Å². The number of benzene rings is 2. The van der Waals surface area contributed by atoms with Crippen molar-refractivity contribution in [1.29, 1.82) is 0 Å². The summed E-state index contributed by atoms with van der Waals surface area (Å²) in [5, 5.41) is 4.73. The van der Waals surface area contributed by atoms with Crippen LogP contribution in [0.15, 0.2) is 66.9 Å². The van der Waals surface area contributed by atoms with E-state index in [2.05, 4.69) is 0 Å². The average Bonchev–Trinajstić information content (AvgIpc) is 3.22. The van der Waals surface area contributed by atoms with Gasteiger partial charge < -0.3 is 4.74 Å². The molecule has 0 bridgehead atoms. The highest BCUT2D eigenvalue weighted by atomic mass is 32.2. The van der Waals surface area contributed by atoms with Crippen LogP contribution in [0.1, 0.15) is 18.4 Å². The topological polar surface area (TPSA) is 81.5 Å². The van der Waals surface area contributed by atoms with Crippen LogP contribution in [0.25, 0.3) is 16.9 Å². The quantitative estimate of drug-likeness (QED) is 0.551. The number of ether oxygens (including phenoxy) is 1. The number of esters is 1. The summed E-state index contributed by atoms with van der Waals surface area (Å²) in [6, 6.07) is 19.6. The average molecular weight is 440 g/mol. The summed E-state index contributed by atoms with van der Waals surface area (Å²) in [5.41, 5.74) is 3.45. The molecular weight excluding hydrogens is 414 g/mol. The van der Waals surface area contributed by atoms with Gasteiger partial charge in [0.05, 0.1) is 23.6 Å². The van der Waals surface area contributed by atoms with E-state index in [4.69, 9.17) is 9.84 Å². The van der Waals surface area contributed by atoms with Gasteiger partial charge in [-0.25, -0.2) is 17.4 Å². The van der Waals surface area contributed by atoms with Crippen molar-refractivity contribution in [2.24, 2.45) is 5.92 Å². The Labute approximate surface area is 182 Å². The number of piperidine rings is 1. The van der Waals surface area contributed by atoms with E-state index >= 15 is 0 Å². The minimum absolute atomic E-state index is 0.113. The third-order valence-corrected chi connectivity index (χ3v) is 6.79. The molecule has 0 atom stereocenters. The first kappa shape index (κ1) is 21.3. The van der Waals surface area contributed by atoms with E-state index in [1.54, 1.807) is 4.68 Å². The summed E-state index contributed by atoms with van der Waals surface area (Å²) in [5.74, 6) is -0.582. The molecule has 0 amide bonds. The van der Waals surface area contributed by atoms with E-state index in [9.17, 15) is 13.2 Å². The van der Waals surface area contributed by atoms with Crippen LogP contribution in [0.2, 0.25) is 0 Å². The Bertz CT molecular complexity index is 1140. The van der Waals surface area contributed by atoms with Crippen LogP contribution in [-0.4, -0.2) is 47.8 Å². The van der Waals surface area contributed by atoms with Crippen molar-refractivity contribution in [2.75, 3.05) is 19.3 Å². The molecule has 162 valence electrons. The lowest BCUT2D eigenvalue weighted by Crippen LogP contribution is -2.40. The smallest absolute Gasteiger partial charge is 0.309 e. The number of aromatic nitrogens is 2. The number of hydrogen-bond donors (Lipinski definition) is 0. The van der Waals surface area contributed by atoms with Crippen molar-refractivity contribution >= 4 is 16.0 Å². The lowest BCUT2D eigenvalue weighted by Gasteiger charge is -2.28. The predicted octanol–water partition coefficient (Wildman–Crippen LogP) is 3.25. The number of hydrogen-bond acceptors (Lipinski definition) is 5. The van der Waals surface area contributed by atoms with E-state index in [0.29, 0.717) is 25.9 Å². The molecule has 7 nitrogen and oxygen atoms in total. The largest absolute Gasteiger partial charge is 0.460 e. The van der Waals surface area contributed by atoms with Crippen LogP contribution >= 0.6 is 0 Å². The van der Waals surface area contributed by atoms with Gasteiger partial charge in [0.1, 0.15) is 6.61 Å². The molecule has 3 aromatic rings. The van der Waals surface area contributed by atoms with Gasteiger partial charge in [-0.3, -0.25) is 4.79 Å². The van der Waals surface area contributed by atoms with Crippen molar-refractivity contribution in [3.8, 4) is 16.9 Å². The highest BCUT2D eigenvalue weighted by Crippen LogP contribution is 2.26. The van der Waals surface area contributed by atoms with Gasteiger partial charge in [-0.2, -0.15) is 5.10 Å². The summed E-state index contributed by atoms with van der Waals surface area (Å²) in [7, 11) is -3.22. The van der Waals surface area contributed by atoms with Crippen LogP contribution in [-0.2, 0) is 26.2 Å². The second-order valence-corrected chi connectivity index (χ2v) is 9.68.